The van der Waals surface area contributed by atoms with Crippen LogP contribution in [0.15, 0.2) is 36.4 Å². The minimum Gasteiger partial charge on any atom is -0.486 e. The van der Waals surface area contributed by atoms with Crippen molar-refractivity contribution in [1.29, 1.82) is 0 Å². The molecule has 0 spiro atoms. The van der Waals surface area contributed by atoms with Crippen LogP contribution in [0.3, 0.4) is 0 Å². The second-order valence-electron chi connectivity index (χ2n) is 9.26. The van der Waals surface area contributed by atoms with Crippen LogP contribution < -0.4 is 30.4 Å². The molecule has 0 aliphatic carbocycles. The Labute approximate surface area is 194 Å². The summed E-state index contributed by atoms with van der Waals surface area (Å²) >= 11 is 0. The first-order valence-corrected chi connectivity index (χ1v) is 11.5. The van der Waals surface area contributed by atoms with Crippen molar-refractivity contribution in [3.63, 3.8) is 0 Å². The molecular weight excluding hydrogens is 424 g/mol. The lowest BCUT2D eigenvalue weighted by Crippen LogP contribution is -2.51. The Hall–Kier alpha value is -2.52. The Morgan fingerprint density at radius 2 is 1.09 bits per heavy atom. The van der Waals surface area contributed by atoms with Crippen LogP contribution in [0.1, 0.15) is 25.0 Å². The molecule has 8 nitrogen and oxygen atoms in total. The predicted molar refractivity (Wildman–Crippen MR) is 122 cm³/mol. The zero-order valence-electron chi connectivity index (χ0n) is 19.1. The summed E-state index contributed by atoms with van der Waals surface area (Å²) in [6.45, 7) is 6.02. The van der Waals surface area contributed by atoms with E-state index >= 15 is 0 Å². The van der Waals surface area contributed by atoms with Gasteiger partial charge in [-0.2, -0.15) is 0 Å². The van der Waals surface area contributed by atoms with Gasteiger partial charge in [-0.1, -0.05) is 12.1 Å². The van der Waals surface area contributed by atoms with E-state index in [2.05, 4.69) is 0 Å². The first-order chi connectivity index (χ1) is 15.9. The van der Waals surface area contributed by atoms with Crippen LogP contribution in [0.25, 0.3) is 0 Å². The number of ether oxygens (including phenoxy) is 6. The minimum absolute atomic E-state index is 0.300. The van der Waals surface area contributed by atoms with E-state index in [-0.39, 0.29) is 24.3 Å². The molecule has 8 heteroatoms. The second kappa shape index (κ2) is 9.02. The van der Waals surface area contributed by atoms with Gasteiger partial charge in [-0.25, -0.2) is 0 Å². The zero-order chi connectivity index (χ0) is 23.0. The highest BCUT2D eigenvalue weighted by Gasteiger charge is 2.46. The monoisotopic (exact) mass is 456 g/mol. The highest BCUT2D eigenvalue weighted by molar-refractivity contribution is 5.45. The highest BCUT2D eigenvalue weighted by Crippen LogP contribution is 2.36. The van der Waals surface area contributed by atoms with E-state index in [1.54, 1.807) is 0 Å². The Balaban J connectivity index is 1.29. The largest absolute Gasteiger partial charge is 0.486 e. The van der Waals surface area contributed by atoms with Crippen LogP contribution in [0.4, 0.5) is 0 Å². The molecule has 0 aromatic heterocycles. The fraction of sp³-hybridized carbons (Fsp3) is 0.520. The fourth-order valence-electron chi connectivity index (χ4n) is 4.69. The van der Waals surface area contributed by atoms with E-state index in [4.69, 9.17) is 39.9 Å². The van der Waals surface area contributed by atoms with Crippen LogP contribution in [0.2, 0.25) is 0 Å². The third kappa shape index (κ3) is 4.89. The maximum atomic E-state index is 6.65. The molecule has 0 bridgehead atoms. The van der Waals surface area contributed by atoms with Gasteiger partial charge in [0, 0.05) is 12.1 Å². The first-order valence-electron chi connectivity index (χ1n) is 11.5. The van der Waals surface area contributed by atoms with Crippen LogP contribution in [0, 0.1) is 0 Å². The summed E-state index contributed by atoms with van der Waals surface area (Å²) in [7, 11) is 0. The lowest BCUT2D eigenvalue weighted by molar-refractivity contribution is -0.149. The SMILES string of the molecule is CC1(C)O[C@@H]([C@H](N)Cc2ccc3c(c2)OCCO3)[C@H]([C@H](N)Cc2ccc3c(c2)OCCO3)O1. The standard InChI is InChI=1S/C25H32N2O6/c1-25(2)32-23(17(26)11-15-3-5-19-21(13-15)30-9-7-28-19)24(33-25)18(27)12-16-4-6-20-22(14-16)31-10-8-29-20/h3-6,13-14,17-18,23-24H,7-12,26-27H2,1-2H3/t17-,18-,23+,24+/m1/s1. The third-order valence-electron chi connectivity index (χ3n) is 6.16. The quantitative estimate of drug-likeness (QED) is 0.681. The summed E-state index contributed by atoms with van der Waals surface area (Å²) in [5, 5.41) is 0. The number of nitrogens with two attached hydrogens (primary N) is 2. The van der Waals surface area contributed by atoms with Gasteiger partial charge >= 0.3 is 0 Å². The predicted octanol–water partition coefficient (Wildman–Crippen LogP) is 2.19. The van der Waals surface area contributed by atoms with Crippen molar-refractivity contribution < 1.29 is 28.4 Å². The Kier molecular flexibility index (Phi) is 6.09. The van der Waals surface area contributed by atoms with E-state index in [0.717, 1.165) is 34.1 Å². The van der Waals surface area contributed by atoms with Gasteiger partial charge in [0.05, 0.1) is 0 Å². The van der Waals surface area contributed by atoms with Crippen molar-refractivity contribution in [2.45, 2.75) is 56.8 Å². The molecule has 3 heterocycles. The van der Waals surface area contributed by atoms with Gasteiger partial charge in [-0.05, 0) is 62.1 Å². The summed E-state index contributed by atoms with van der Waals surface area (Å²) in [4.78, 5) is 0. The molecule has 3 aliphatic heterocycles. The molecule has 0 saturated carbocycles. The van der Waals surface area contributed by atoms with Gasteiger partial charge in [-0.15, -0.1) is 0 Å². The molecule has 178 valence electrons. The normalized spacial score (nSPS) is 24.8. The summed E-state index contributed by atoms with van der Waals surface area (Å²) in [6.07, 6.45) is 0.517. The molecule has 5 rings (SSSR count). The van der Waals surface area contributed by atoms with E-state index in [1.165, 1.54) is 0 Å². The lowest BCUT2D eigenvalue weighted by Gasteiger charge is -2.28. The fourth-order valence-corrected chi connectivity index (χ4v) is 4.69. The third-order valence-corrected chi connectivity index (χ3v) is 6.16. The number of hydrogen-bond acceptors (Lipinski definition) is 8. The molecule has 3 aliphatic rings. The smallest absolute Gasteiger partial charge is 0.163 e. The zero-order valence-corrected chi connectivity index (χ0v) is 19.1. The van der Waals surface area contributed by atoms with Crippen molar-refractivity contribution in [3.8, 4) is 23.0 Å². The highest BCUT2D eigenvalue weighted by atomic mass is 16.8. The summed E-state index contributed by atoms with van der Waals surface area (Å²) < 4.78 is 35.1. The van der Waals surface area contributed by atoms with E-state index in [1.807, 2.05) is 50.2 Å². The Bertz CT molecular complexity index is 919. The molecule has 33 heavy (non-hydrogen) atoms. The summed E-state index contributed by atoms with van der Waals surface area (Å²) in [6, 6.07) is 11.3. The van der Waals surface area contributed by atoms with Gasteiger partial charge < -0.3 is 39.9 Å². The van der Waals surface area contributed by atoms with Gasteiger partial charge in [0.15, 0.2) is 28.8 Å². The van der Waals surface area contributed by atoms with E-state index < -0.39 is 5.79 Å². The van der Waals surface area contributed by atoms with Crippen molar-refractivity contribution in [1.82, 2.24) is 0 Å². The van der Waals surface area contributed by atoms with Crippen molar-refractivity contribution in [2.24, 2.45) is 11.5 Å². The van der Waals surface area contributed by atoms with Gasteiger partial charge in [-0.3, -0.25) is 0 Å². The van der Waals surface area contributed by atoms with E-state index in [0.29, 0.717) is 39.3 Å². The number of hydrogen-bond donors (Lipinski definition) is 2. The van der Waals surface area contributed by atoms with E-state index in [9.17, 15) is 0 Å². The van der Waals surface area contributed by atoms with Crippen LogP contribution in [-0.4, -0.2) is 56.5 Å². The maximum absolute atomic E-state index is 6.65. The Morgan fingerprint density at radius 3 is 1.52 bits per heavy atom. The molecule has 2 aromatic carbocycles. The van der Waals surface area contributed by atoms with Crippen LogP contribution in [0.5, 0.6) is 23.0 Å². The average molecular weight is 457 g/mol. The molecule has 1 fully saturated rings. The first kappa shape index (κ1) is 22.3. The topological polar surface area (TPSA) is 107 Å². The minimum atomic E-state index is -0.760. The molecule has 0 radical (unpaired) electrons. The number of fused-ring (bicyclic) bond motifs is 2. The molecule has 4 atom stereocenters. The van der Waals surface area contributed by atoms with Crippen LogP contribution >= 0.6 is 0 Å². The molecule has 1 saturated heterocycles. The second-order valence-corrected chi connectivity index (χ2v) is 9.26. The molecule has 4 N–H and O–H groups in total. The van der Waals surface area contributed by atoms with Gasteiger partial charge in [0.25, 0.3) is 0 Å². The lowest BCUT2D eigenvalue weighted by atomic mass is 9.92. The summed E-state index contributed by atoms with van der Waals surface area (Å²) in [5.41, 5.74) is 15.4. The van der Waals surface area contributed by atoms with Crippen molar-refractivity contribution >= 4 is 0 Å². The Morgan fingerprint density at radius 1 is 0.697 bits per heavy atom. The number of rotatable bonds is 6. The molecule has 2 aromatic rings. The number of benzene rings is 2. The van der Waals surface area contributed by atoms with Crippen molar-refractivity contribution in [2.75, 3.05) is 26.4 Å². The molecule has 0 amide bonds. The van der Waals surface area contributed by atoms with Gasteiger partial charge in [0.2, 0.25) is 0 Å². The average Bonchev–Trinajstić information content (AvgIpc) is 3.15. The van der Waals surface area contributed by atoms with Gasteiger partial charge in [0.1, 0.15) is 38.6 Å². The summed E-state index contributed by atoms with van der Waals surface area (Å²) in [5.74, 6) is 2.27. The van der Waals surface area contributed by atoms with Crippen LogP contribution in [-0.2, 0) is 22.3 Å². The molecule has 0 unspecified atom stereocenters. The maximum Gasteiger partial charge on any atom is 0.163 e. The molecular formula is C25H32N2O6. The van der Waals surface area contributed by atoms with Crippen molar-refractivity contribution in [3.05, 3.63) is 47.5 Å².